The summed E-state index contributed by atoms with van der Waals surface area (Å²) >= 11 is 3.44. The lowest BCUT2D eigenvalue weighted by molar-refractivity contribution is -0.140. The van der Waals surface area contributed by atoms with Crippen LogP contribution in [0.5, 0.6) is 5.75 Å². The number of esters is 1. The molecule has 0 aromatic heterocycles. The summed E-state index contributed by atoms with van der Waals surface area (Å²) in [5, 5.41) is 0. The molecule has 0 aliphatic carbocycles. The molecular weight excluding hydrogens is 310 g/mol. The molecule has 1 aromatic carbocycles. The van der Waals surface area contributed by atoms with E-state index in [4.69, 9.17) is 10.5 Å². The van der Waals surface area contributed by atoms with Crippen molar-refractivity contribution in [3.63, 3.8) is 0 Å². The van der Waals surface area contributed by atoms with E-state index in [0.717, 1.165) is 35.0 Å². The van der Waals surface area contributed by atoms with Crippen molar-refractivity contribution in [1.29, 1.82) is 0 Å². The van der Waals surface area contributed by atoms with Gasteiger partial charge in [0.15, 0.2) is 0 Å². The Kier molecular flexibility index (Phi) is 6.87. The molecular formula is C14H20BrNO3. The summed E-state index contributed by atoms with van der Waals surface area (Å²) in [4.78, 5) is 11.0. The predicted octanol–water partition coefficient (Wildman–Crippen LogP) is 3.19. The molecule has 0 bridgehead atoms. The van der Waals surface area contributed by atoms with E-state index in [2.05, 4.69) is 20.7 Å². The van der Waals surface area contributed by atoms with Gasteiger partial charge < -0.3 is 15.2 Å². The monoisotopic (exact) mass is 329 g/mol. The van der Waals surface area contributed by atoms with Crippen LogP contribution >= 0.6 is 15.9 Å². The third-order valence-electron chi connectivity index (χ3n) is 2.98. The van der Waals surface area contributed by atoms with Crippen molar-refractivity contribution in [1.82, 2.24) is 0 Å². The Morgan fingerprint density at radius 1 is 1.37 bits per heavy atom. The van der Waals surface area contributed by atoms with Gasteiger partial charge in [0.05, 0.1) is 18.7 Å². The summed E-state index contributed by atoms with van der Waals surface area (Å²) in [5.74, 6) is 0.627. The van der Waals surface area contributed by atoms with Gasteiger partial charge in [0.2, 0.25) is 0 Å². The molecule has 19 heavy (non-hydrogen) atoms. The molecule has 0 heterocycles. The Labute approximate surface area is 122 Å². The number of hydrogen-bond acceptors (Lipinski definition) is 4. The van der Waals surface area contributed by atoms with Gasteiger partial charge in [0.1, 0.15) is 5.75 Å². The molecule has 0 fully saturated rings. The van der Waals surface area contributed by atoms with Gasteiger partial charge in [-0.3, -0.25) is 4.79 Å². The summed E-state index contributed by atoms with van der Waals surface area (Å²) in [6.07, 6.45) is 3.00. The highest BCUT2D eigenvalue weighted by Gasteiger charge is 2.09. The Bertz CT molecular complexity index is 423. The second-order valence-electron chi connectivity index (χ2n) is 4.32. The standard InChI is InChI=1S/C14H20BrNO3/c1-18-13-8-7-10(9-11(13)15)12(16)5-3-4-6-14(17)19-2/h7-9,12H,3-6,16H2,1-2H3. The number of benzene rings is 1. The summed E-state index contributed by atoms with van der Waals surface area (Å²) in [7, 11) is 3.04. The number of ether oxygens (including phenoxy) is 2. The normalized spacial score (nSPS) is 12.0. The molecule has 0 saturated carbocycles. The van der Waals surface area contributed by atoms with Crippen molar-refractivity contribution >= 4 is 21.9 Å². The van der Waals surface area contributed by atoms with E-state index in [-0.39, 0.29) is 12.0 Å². The van der Waals surface area contributed by atoms with Crippen LogP contribution in [0.1, 0.15) is 37.3 Å². The third kappa shape index (κ3) is 5.20. The highest BCUT2D eigenvalue weighted by Crippen LogP contribution is 2.28. The number of hydrogen-bond donors (Lipinski definition) is 1. The van der Waals surface area contributed by atoms with Crippen LogP contribution < -0.4 is 10.5 Å². The lowest BCUT2D eigenvalue weighted by Gasteiger charge is -2.13. The molecule has 0 spiro atoms. The van der Waals surface area contributed by atoms with Gasteiger partial charge >= 0.3 is 5.97 Å². The van der Waals surface area contributed by atoms with Crippen molar-refractivity contribution in [2.24, 2.45) is 5.73 Å². The Morgan fingerprint density at radius 3 is 2.68 bits per heavy atom. The van der Waals surface area contributed by atoms with Crippen LogP contribution in [-0.2, 0) is 9.53 Å². The minimum atomic E-state index is -0.166. The van der Waals surface area contributed by atoms with Crippen molar-refractivity contribution < 1.29 is 14.3 Å². The van der Waals surface area contributed by atoms with E-state index in [1.807, 2.05) is 18.2 Å². The minimum Gasteiger partial charge on any atom is -0.496 e. The molecule has 1 atom stereocenters. The zero-order valence-corrected chi connectivity index (χ0v) is 12.9. The summed E-state index contributed by atoms with van der Waals surface area (Å²) in [5.41, 5.74) is 7.19. The molecule has 1 rings (SSSR count). The number of unbranched alkanes of at least 4 members (excludes halogenated alkanes) is 1. The molecule has 1 aromatic rings. The average Bonchev–Trinajstić information content (AvgIpc) is 2.42. The first-order chi connectivity index (χ1) is 9.08. The van der Waals surface area contributed by atoms with Crippen molar-refractivity contribution in [3.05, 3.63) is 28.2 Å². The third-order valence-corrected chi connectivity index (χ3v) is 3.60. The lowest BCUT2D eigenvalue weighted by Crippen LogP contribution is -2.10. The maximum Gasteiger partial charge on any atom is 0.305 e. The van der Waals surface area contributed by atoms with Gasteiger partial charge in [-0.05, 0) is 46.5 Å². The van der Waals surface area contributed by atoms with Crippen LogP contribution in [0, 0.1) is 0 Å². The van der Waals surface area contributed by atoms with Gasteiger partial charge in [-0.1, -0.05) is 12.5 Å². The average molecular weight is 330 g/mol. The van der Waals surface area contributed by atoms with Crippen LogP contribution in [0.3, 0.4) is 0 Å². The minimum absolute atomic E-state index is 0.0279. The molecule has 0 amide bonds. The topological polar surface area (TPSA) is 61.5 Å². The number of carbonyl (C=O) groups excluding carboxylic acids is 1. The SMILES string of the molecule is COC(=O)CCCCC(N)c1ccc(OC)c(Br)c1. The first-order valence-electron chi connectivity index (χ1n) is 6.24. The highest BCUT2D eigenvalue weighted by atomic mass is 79.9. The zero-order valence-electron chi connectivity index (χ0n) is 11.3. The van der Waals surface area contributed by atoms with Crippen LogP contribution in [0.2, 0.25) is 0 Å². The predicted molar refractivity (Wildman–Crippen MR) is 78.1 cm³/mol. The van der Waals surface area contributed by atoms with E-state index in [1.165, 1.54) is 7.11 Å². The van der Waals surface area contributed by atoms with Gasteiger partial charge in [-0.25, -0.2) is 0 Å². The fourth-order valence-electron chi connectivity index (χ4n) is 1.82. The largest absolute Gasteiger partial charge is 0.496 e. The number of nitrogens with two attached hydrogens (primary N) is 1. The Morgan fingerprint density at radius 2 is 2.11 bits per heavy atom. The zero-order chi connectivity index (χ0) is 14.3. The maximum atomic E-state index is 11.0. The van der Waals surface area contributed by atoms with Crippen LogP contribution in [-0.4, -0.2) is 20.2 Å². The molecule has 0 saturated heterocycles. The first kappa shape index (κ1) is 16.0. The van der Waals surface area contributed by atoms with E-state index in [0.29, 0.717) is 6.42 Å². The first-order valence-corrected chi connectivity index (χ1v) is 7.03. The van der Waals surface area contributed by atoms with Crippen LogP contribution in [0.4, 0.5) is 0 Å². The number of methoxy groups -OCH3 is 2. The number of rotatable bonds is 7. The van der Waals surface area contributed by atoms with Gasteiger partial charge in [-0.2, -0.15) is 0 Å². The van der Waals surface area contributed by atoms with Crippen molar-refractivity contribution in [2.75, 3.05) is 14.2 Å². The summed E-state index contributed by atoms with van der Waals surface area (Å²) in [6, 6.07) is 5.81. The lowest BCUT2D eigenvalue weighted by atomic mass is 10.0. The molecule has 2 N–H and O–H groups in total. The van der Waals surface area contributed by atoms with E-state index >= 15 is 0 Å². The molecule has 5 heteroatoms. The molecule has 1 unspecified atom stereocenters. The van der Waals surface area contributed by atoms with Gasteiger partial charge in [-0.15, -0.1) is 0 Å². The van der Waals surface area contributed by atoms with E-state index in [1.54, 1.807) is 7.11 Å². The molecule has 0 aliphatic heterocycles. The van der Waals surface area contributed by atoms with E-state index < -0.39 is 0 Å². The smallest absolute Gasteiger partial charge is 0.305 e. The quantitative estimate of drug-likeness (QED) is 0.616. The van der Waals surface area contributed by atoms with Gasteiger partial charge in [0.25, 0.3) is 0 Å². The Balaban J connectivity index is 2.43. The number of halogens is 1. The van der Waals surface area contributed by atoms with Crippen molar-refractivity contribution in [2.45, 2.75) is 31.7 Å². The fraction of sp³-hybridized carbons (Fsp3) is 0.500. The maximum absolute atomic E-state index is 11.0. The van der Waals surface area contributed by atoms with Crippen molar-refractivity contribution in [3.8, 4) is 5.75 Å². The Hall–Kier alpha value is -1.07. The van der Waals surface area contributed by atoms with Crippen LogP contribution in [0.15, 0.2) is 22.7 Å². The highest BCUT2D eigenvalue weighted by molar-refractivity contribution is 9.10. The fourth-order valence-corrected chi connectivity index (χ4v) is 2.37. The molecule has 0 aliphatic rings. The molecule has 106 valence electrons. The van der Waals surface area contributed by atoms with Crippen LogP contribution in [0.25, 0.3) is 0 Å². The second kappa shape index (κ2) is 8.17. The summed E-state index contributed by atoms with van der Waals surface area (Å²) < 4.78 is 10.7. The summed E-state index contributed by atoms with van der Waals surface area (Å²) in [6.45, 7) is 0. The second-order valence-corrected chi connectivity index (χ2v) is 5.18. The van der Waals surface area contributed by atoms with E-state index in [9.17, 15) is 4.79 Å². The number of carbonyl (C=O) groups is 1. The molecule has 0 radical (unpaired) electrons. The molecule has 4 nitrogen and oxygen atoms in total. The van der Waals surface area contributed by atoms with Gasteiger partial charge in [0, 0.05) is 12.5 Å².